The summed E-state index contributed by atoms with van der Waals surface area (Å²) in [4.78, 5) is 39.9. The van der Waals surface area contributed by atoms with Crippen LogP contribution in [0.25, 0.3) is 0 Å². The smallest absolute Gasteiger partial charge is 0.410 e. The zero-order valence-corrected chi connectivity index (χ0v) is 24.8. The summed E-state index contributed by atoms with van der Waals surface area (Å²) >= 11 is 1.71. The molecule has 3 aliphatic rings. The highest BCUT2D eigenvalue weighted by Gasteiger charge is 2.44. The van der Waals surface area contributed by atoms with Gasteiger partial charge in [-0.1, -0.05) is 18.9 Å². The van der Waals surface area contributed by atoms with Crippen LogP contribution in [0.4, 0.5) is 10.5 Å². The van der Waals surface area contributed by atoms with E-state index >= 15 is 0 Å². The van der Waals surface area contributed by atoms with Crippen LogP contribution in [0, 0.1) is 33.8 Å². The van der Waals surface area contributed by atoms with Gasteiger partial charge < -0.3 is 19.6 Å². The van der Waals surface area contributed by atoms with Crippen molar-refractivity contribution in [2.75, 3.05) is 26.2 Å². The fourth-order valence-corrected chi connectivity index (χ4v) is 7.72. The summed E-state index contributed by atoms with van der Waals surface area (Å²) in [6.07, 6.45) is 8.07. The second-order valence-corrected chi connectivity index (χ2v) is 13.0. The van der Waals surface area contributed by atoms with Gasteiger partial charge in [0.2, 0.25) is 0 Å². The molecule has 4 atom stereocenters. The van der Waals surface area contributed by atoms with Gasteiger partial charge in [0, 0.05) is 44.4 Å². The minimum Gasteiger partial charge on any atom is -0.481 e. The van der Waals surface area contributed by atoms with Crippen LogP contribution < -0.4 is 0 Å². The number of carbonyl (C=O) groups excluding carboxylic acids is 1. The number of benzene rings is 1. The molecule has 2 unspecified atom stereocenters. The number of non-ortho nitro benzene ring substituents is 1. The van der Waals surface area contributed by atoms with Gasteiger partial charge in [0.1, 0.15) is 6.61 Å². The monoisotopic (exact) mass is 595 g/mol. The van der Waals surface area contributed by atoms with Crippen molar-refractivity contribution in [3.8, 4) is 0 Å². The Bertz CT molecular complexity index is 1220. The predicted molar refractivity (Wildman–Crippen MR) is 161 cm³/mol. The average Bonchev–Trinajstić information content (AvgIpc) is 3.46. The van der Waals surface area contributed by atoms with E-state index in [9.17, 15) is 24.8 Å². The van der Waals surface area contributed by atoms with Crippen molar-refractivity contribution >= 4 is 29.1 Å². The number of carbonyl (C=O) groups is 2. The first-order valence-electron chi connectivity index (χ1n) is 15.1. The molecule has 0 spiro atoms. The first-order valence-corrected chi connectivity index (χ1v) is 16.0. The van der Waals surface area contributed by atoms with E-state index in [1.165, 1.54) is 30.5 Å². The van der Waals surface area contributed by atoms with E-state index in [0.29, 0.717) is 29.9 Å². The van der Waals surface area contributed by atoms with E-state index in [0.717, 1.165) is 51.7 Å². The number of amides is 1. The normalized spacial score (nSPS) is 23.8. The number of likely N-dealkylation sites (tertiary alicyclic amines) is 1. The Morgan fingerprint density at radius 2 is 1.90 bits per heavy atom. The van der Waals surface area contributed by atoms with Gasteiger partial charge in [0.25, 0.3) is 5.69 Å². The predicted octanol–water partition coefficient (Wildman–Crippen LogP) is 6.56. The molecule has 0 radical (unpaired) electrons. The van der Waals surface area contributed by atoms with E-state index in [1.807, 2.05) is 0 Å². The molecule has 1 saturated heterocycles. The highest BCUT2D eigenvalue weighted by Crippen LogP contribution is 2.50. The van der Waals surface area contributed by atoms with E-state index in [4.69, 9.17) is 4.74 Å². The fourth-order valence-electron chi connectivity index (χ4n) is 7.00. The number of nitrogens with zero attached hydrogens (tertiary/aromatic N) is 3. The van der Waals surface area contributed by atoms with Crippen molar-refractivity contribution in [3.05, 3.63) is 75.0 Å². The molecule has 1 aromatic heterocycles. The van der Waals surface area contributed by atoms with Crippen LogP contribution in [0.5, 0.6) is 0 Å². The molecule has 2 aliphatic carbocycles. The standard InChI is InChI=1S/C32H41N3O6S/c1-2-12-34(32(38)41-20-23-5-7-28(8-6-23)35(39)40)27-9-13-33(14-10-27)19-26-17-25(18-29(26)24-11-15-42-21-24)30(31(36)37)16-22-3-4-22/h2,5-8,11,15,21-22,25-27,29-30H,1,3-4,9-10,12-14,16-20H2,(H,36,37)/t25?,26-,29-,30?/m1/s1. The quantitative estimate of drug-likeness (QED) is 0.159. The third-order valence-corrected chi connectivity index (χ3v) is 10.1. The number of aliphatic carboxylic acids is 1. The Hall–Kier alpha value is -3.24. The van der Waals surface area contributed by atoms with Crippen LogP contribution in [0.15, 0.2) is 53.7 Å². The average molecular weight is 596 g/mol. The van der Waals surface area contributed by atoms with Crippen LogP contribution in [0.1, 0.15) is 62.0 Å². The molecule has 5 rings (SSSR count). The Morgan fingerprint density at radius 3 is 2.50 bits per heavy atom. The minimum absolute atomic E-state index is 0.000141. The molecule has 1 N–H and O–H groups in total. The topological polar surface area (TPSA) is 113 Å². The molecule has 42 heavy (non-hydrogen) atoms. The summed E-state index contributed by atoms with van der Waals surface area (Å²) in [5.74, 6) is 0.788. The number of piperidine rings is 1. The molecular formula is C32H41N3O6S. The van der Waals surface area contributed by atoms with Crippen LogP contribution in [-0.4, -0.2) is 64.1 Å². The van der Waals surface area contributed by atoms with Gasteiger partial charge in [-0.2, -0.15) is 11.3 Å². The lowest BCUT2D eigenvalue weighted by Crippen LogP contribution is -2.48. The zero-order valence-electron chi connectivity index (χ0n) is 24.0. The number of carboxylic acids is 1. The summed E-state index contributed by atoms with van der Waals surface area (Å²) in [7, 11) is 0. The third-order valence-electron chi connectivity index (χ3n) is 9.43. The summed E-state index contributed by atoms with van der Waals surface area (Å²) in [6, 6.07) is 8.27. The zero-order chi connectivity index (χ0) is 29.6. The SMILES string of the molecule is C=CCN(C(=O)OCc1ccc([N+](=O)[O-])cc1)C1CCN(C[C@H]2CC(C(CC3CC3)C(=O)O)C[C@@H]2c2ccsc2)CC1. The molecule has 1 amide bonds. The lowest BCUT2D eigenvalue weighted by Gasteiger charge is -2.39. The van der Waals surface area contributed by atoms with Crippen LogP contribution >= 0.6 is 11.3 Å². The number of thiophene rings is 1. The Kier molecular flexibility index (Phi) is 9.95. The molecule has 3 fully saturated rings. The molecule has 2 saturated carbocycles. The fraction of sp³-hybridized carbons (Fsp3) is 0.562. The maximum atomic E-state index is 13.0. The first-order chi connectivity index (χ1) is 20.3. The molecule has 226 valence electrons. The molecule has 1 aliphatic heterocycles. The van der Waals surface area contributed by atoms with Crippen molar-refractivity contribution < 1.29 is 24.4 Å². The molecule has 2 heterocycles. The van der Waals surface area contributed by atoms with Gasteiger partial charge in [-0.3, -0.25) is 14.9 Å². The lowest BCUT2D eigenvalue weighted by atomic mass is 9.85. The highest BCUT2D eigenvalue weighted by molar-refractivity contribution is 7.08. The van der Waals surface area contributed by atoms with Gasteiger partial charge in [-0.05, 0) is 95.9 Å². The molecular weight excluding hydrogens is 554 g/mol. The maximum absolute atomic E-state index is 13.0. The van der Waals surface area contributed by atoms with Crippen molar-refractivity contribution in [1.29, 1.82) is 0 Å². The van der Waals surface area contributed by atoms with E-state index in [-0.39, 0.29) is 30.2 Å². The second-order valence-electron chi connectivity index (χ2n) is 12.2. The summed E-state index contributed by atoms with van der Waals surface area (Å²) < 4.78 is 5.58. The number of rotatable bonds is 13. The molecule has 1 aromatic carbocycles. The van der Waals surface area contributed by atoms with E-state index < -0.39 is 17.0 Å². The Morgan fingerprint density at radius 1 is 1.17 bits per heavy atom. The number of nitro groups is 1. The van der Waals surface area contributed by atoms with E-state index in [1.54, 1.807) is 34.4 Å². The second kappa shape index (κ2) is 13.8. The molecule has 10 heteroatoms. The molecule has 2 aromatic rings. The minimum atomic E-state index is -0.625. The van der Waals surface area contributed by atoms with Crippen LogP contribution in [0.2, 0.25) is 0 Å². The Labute approximate surface area is 251 Å². The van der Waals surface area contributed by atoms with Gasteiger partial charge >= 0.3 is 12.1 Å². The lowest BCUT2D eigenvalue weighted by molar-refractivity contribution is -0.384. The van der Waals surface area contributed by atoms with Crippen molar-refractivity contribution in [2.45, 2.75) is 63.5 Å². The highest BCUT2D eigenvalue weighted by atomic mass is 32.1. The molecule has 9 nitrogen and oxygen atoms in total. The van der Waals surface area contributed by atoms with Crippen molar-refractivity contribution in [2.24, 2.45) is 23.7 Å². The summed E-state index contributed by atoms with van der Waals surface area (Å²) in [6.45, 7) is 6.97. The third kappa shape index (κ3) is 7.58. The number of carboxylic acid groups (broad SMARTS) is 1. The van der Waals surface area contributed by atoms with E-state index in [2.05, 4.69) is 28.3 Å². The van der Waals surface area contributed by atoms with Gasteiger partial charge in [-0.15, -0.1) is 6.58 Å². The maximum Gasteiger partial charge on any atom is 0.410 e. The number of ether oxygens (including phenoxy) is 1. The summed E-state index contributed by atoms with van der Waals surface area (Å²) in [5.41, 5.74) is 2.05. The Balaban J connectivity index is 1.16. The van der Waals surface area contributed by atoms with Crippen LogP contribution in [0.3, 0.4) is 0 Å². The first kappa shape index (κ1) is 30.2. The van der Waals surface area contributed by atoms with Crippen molar-refractivity contribution in [1.82, 2.24) is 9.80 Å². The number of hydrogen-bond acceptors (Lipinski definition) is 7. The number of hydrogen-bond donors (Lipinski definition) is 1. The van der Waals surface area contributed by atoms with Gasteiger partial charge in [0.15, 0.2) is 0 Å². The van der Waals surface area contributed by atoms with Crippen LogP contribution in [-0.2, 0) is 16.1 Å². The largest absolute Gasteiger partial charge is 0.481 e. The summed E-state index contributed by atoms with van der Waals surface area (Å²) in [5, 5.41) is 25.3. The van der Waals surface area contributed by atoms with Gasteiger partial charge in [-0.25, -0.2) is 4.79 Å². The van der Waals surface area contributed by atoms with Gasteiger partial charge in [0.05, 0.1) is 10.8 Å². The molecule has 0 bridgehead atoms. The van der Waals surface area contributed by atoms with Crippen molar-refractivity contribution in [3.63, 3.8) is 0 Å². The number of nitro benzene ring substituents is 1.